The Morgan fingerprint density at radius 1 is 1.12 bits per heavy atom. The summed E-state index contributed by atoms with van der Waals surface area (Å²) in [5.41, 5.74) is -3.28. The molecule has 4 rings (SSSR count). The van der Waals surface area contributed by atoms with Gasteiger partial charge in [0.1, 0.15) is 17.2 Å². The maximum Gasteiger partial charge on any atom is 0.419 e. The molecule has 0 bridgehead atoms. The topological polar surface area (TPSA) is 78.3 Å². The molecule has 3 aromatic rings. The fourth-order valence-electron chi connectivity index (χ4n) is 4.20. The number of aliphatic hydroxyl groups is 1. The summed E-state index contributed by atoms with van der Waals surface area (Å²) in [5, 5.41) is 24.2. The predicted octanol–water partition coefficient (Wildman–Crippen LogP) is 5.57. The second-order valence-electron chi connectivity index (χ2n) is 8.29. The highest BCUT2D eigenvalue weighted by Gasteiger charge is 2.62. The zero-order chi connectivity index (χ0) is 24.3. The van der Waals surface area contributed by atoms with Crippen molar-refractivity contribution >= 4 is 22.2 Å². The first-order valence-corrected chi connectivity index (χ1v) is 10.0. The number of rotatable bonds is 2. The predicted molar refractivity (Wildman–Crippen MR) is 113 cm³/mol. The van der Waals surface area contributed by atoms with Gasteiger partial charge in [-0.2, -0.15) is 13.2 Å². The standard InChI is InChI=1S/C23H20F5N3O2/c1-10(2)13-8-22(33,23(26,27)28)21(12-4-5-16(25)20(32)18(12)13)31-17-7-6-15(24)19-14(17)9-29-11(3)30-19/h4-7,9,21,31-33H,8H2,1-3H3/t21-,22+/m0/s1. The normalized spacial score (nSPS) is 20.6. The Morgan fingerprint density at radius 2 is 1.79 bits per heavy atom. The van der Waals surface area contributed by atoms with Crippen molar-refractivity contribution in [1.82, 2.24) is 9.97 Å². The summed E-state index contributed by atoms with van der Waals surface area (Å²) in [6.45, 7) is 4.57. The molecule has 1 aliphatic carbocycles. The number of nitrogens with zero attached hydrogens (tertiary/aromatic N) is 2. The molecule has 1 aromatic heterocycles. The molecule has 1 aliphatic rings. The second kappa shape index (κ2) is 7.65. The van der Waals surface area contributed by atoms with Crippen LogP contribution in [0.2, 0.25) is 0 Å². The third-order valence-electron chi connectivity index (χ3n) is 5.91. The lowest BCUT2D eigenvalue weighted by Crippen LogP contribution is -2.54. The van der Waals surface area contributed by atoms with E-state index in [1.54, 1.807) is 0 Å². The molecule has 0 fully saturated rings. The first kappa shape index (κ1) is 22.9. The number of anilines is 1. The third-order valence-corrected chi connectivity index (χ3v) is 5.91. The van der Waals surface area contributed by atoms with E-state index in [2.05, 4.69) is 15.3 Å². The molecule has 10 heteroatoms. The van der Waals surface area contributed by atoms with Crippen LogP contribution in [0.4, 0.5) is 27.6 Å². The maximum atomic E-state index is 14.3. The van der Waals surface area contributed by atoms with Crippen molar-refractivity contribution in [2.24, 2.45) is 0 Å². The summed E-state index contributed by atoms with van der Waals surface area (Å²) in [5.74, 6) is -2.23. The number of aromatic nitrogens is 2. The van der Waals surface area contributed by atoms with Gasteiger partial charge >= 0.3 is 6.18 Å². The fourth-order valence-corrected chi connectivity index (χ4v) is 4.20. The van der Waals surface area contributed by atoms with Crippen molar-refractivity contribution in [2.45, 2.75) is 45.0 Å². The SMILES string of the molecule is CC(C)=C1C[C@](O)(C(F)(F)F)[C@@H](Nc2ccc(F)c3nc(C)ncc23)c2ccc(F)c(O)c21. The van der Waals surface area contributed by atoms with Gasteiger partial charge in [-0.1, -0.05) is 11.6 Å². The van der Waals surface area contributed by atoms with Crippen LogP contribution in [0.1, 0.15) is 43.3 Å². The molecule has 0 saturated heterocycles. The van der Waals surface area contributed by atoms with E-state index < -0.39 is 41.6 Å². The van der Waals surface area contributed by atoms with Gasteiger partial charge in [0.2, 0.25) is 0 Å². The number of aromatic hydroxyl groups is 1. The van der Waals surface area contributed by atoms with Crippen molar-refractivity contribution < 1.29 is 32.2 Å². The average molecular weight is 465 g/mol. The van der Waals surface area contributed by atoms with Crippen LogP contribution < -0.4 is 5.32 Å². The lowest BCUT2D eigenvalue weighted by atomic mass is 9.71. The van der Waals surface area contributed by atoms with Crippen LogP contribution in [-0.4, -0.2) is 32.0 Å². The van der Waals surface area contributed by atoms with Gasteiger partial charge in [-0.3, -0.25) is 0 Å². The lowest BCUT2D eigenvalue weighted by molar-refractivity contribution is -0.265. The first-order chi connectivity index (χ1) is 15.3. The highest BCUT2D eigenvalue weighted by molar-refractivity contribution is 5.91. The number of benzene rings is 2. The van der Waals surface area contributed by atoms with Crippen molar-refractivity contribution in [1.29, 1.82) is 0 Å². The largest absolute Gasteiger partial charge is 0.504 e. The highest BCUT2D eigenvalue weighted by Crippen LogP contribution is 2.55. The molecule has 0 spiro atoms. The quantitative estimate of drug-likeness (QED) is 0.432. The molecule has 3 N–H and O–H groups in total. The number of hydrogen-bond donors (Lipinski definition) is 3. The van der Waals surface area contributed by atoms with Gasteiger partial charge in [0.25, 0.3) is 0 Å². The van der Waals surface area contributed by atoms with E-state index in [4.69, 9.17) is 0 Å². The molecule has 2 aromatic carbocycles. The van der Waals surface area contributed by atoms with E-state index in [-0.39, 0.29) is 39.1 Å². The Labute approximate surface area is 185 Å². The summed E-state index contributed by atoms with van der Waals surface area (Å²) in [6.07, 6.45) is -4.76. The minimum atomic E-state index is -5.10. The summed E-state index contributed by atoms with van der Waals surface area (Å²) in [4.78, 5) is 8.00. The van der Waals surface area contributed by atoms with Crippen molar-refractivity contribution in [2.75, 3.05) is 5.32 Å². The van der Waals surface area contributed by atoms with Crippen LogP contribution >= 0.6 is 0 Å². The number of nitrogens with one attached hydrogen (secondary N) is 1. The Morgan fingerprint density at radius 3 is 2.42 bits per heavy atom. The molecule has 5 nitrogen and oxygen atoms in total. The van der Waals surface area contributed by atoms with Gasteiger partial charge in [-0.25, -0.2) is 18.7 Å². The van der Waals surface area contributed by atoms with E-state index >= 15 is 0 Å². The minimum Gasteiger partial charge on any atom is -0.504 e. The molecule has 0 amide bonds. The summed E-state index contributed by atoms with van der Waals surface area (Å²) in [7, 11) is 0. The zero-order valence-electron chi connectivity index (χ0n) is 17.8. The van der Waals surface area contributed by atoms with Gasteiger partial charge in [-0.15, -0.1) is 0 Å². The van der Waals surface area contributed by atoms with Crippen LogP contribution in [0, 0.1) is 18.6 Å². The smallest absolute Gasteiger partial charge is 0.419 e. The zero-order valence-corrected chi connectivity index (χ0v) is 17.8. The number of phenols is 1. The van der Waals surface area contributed by atoms with Gasteiger partial charge in [0.15, 0.2) is 17.2 Å². The van der Waals surface area contributed by atoms with Crippen molar-refractivity contribution in [3.05, 3.63) is 64.6 Å². The first-order valence-electron chi connectivity index (χ1n) is 10.0. The van der Waals surface area contributed by atoms with Crippen molar-refractivity contribution in [3.8, 4) is 5.75 Å². The molecule has 174 valence electrons. The molecule has 0 radical (unpaired) electrons. The lowest BCUT2D eigenvalue weighted by Gasteiger charge is -2.44. The van der Waals surface area contributed by atoms with Crippen LogP contribution in [-0.2, 0) is 0 Å². The number of allylic oxidation sites excluding steroid dienone is 1. The molecular weight excluding hydrogens is 445 g/mol. The van der Waals surface area contributed by atoms with Gasteiger partial charge in [0, 0.05) is 29.3 Å². The van der Waals surface area contributed by atoms with Gasteiger partial charge < -0.3 is 15.5 Å². The summed E-state index contributed by atoms with van der Waals surface area (Å²) in [6, 6.07) is 2.33. The number of alkyl halides is 3. The third kappa shape index (κ3) is 3.58. The number of fused-ring (bicyclic) bond motifs is 2. The second-order valence-corrected chi connectivity index (χ2v) is 8.29. The van der Waals surface area contributed by atoms with Crippen LogP contribution in [0.15, 0.2) is 36.0 Å². The molecule has 2 atom stereocenters. The molecule has 0 unspecified atom stereocenters. The van der Waals surface area contributed by atoms with Gasteiger partial charge in [-0.05, 0) is 50.1 Å². The Bertz CT molecular complexity index is 1300. The molecule has 0 aliphatic heterocycles. The van der Waals surface area contributed by atoms with E-state index in [0.717, 1.165) is 18.2 Å². The van der Waals surface area contributed by atoms with Crippen LogP contribution in [0.25, 0.3) is 16.5 Å². The van der Waals surface area contributed by atoms with E-state index in [1.807, 2.05) is 0 Å². The van der Waals surface area contributed by atoms with E-state index in [0.29, 0.717) is 5.57 Å². The number of phenolic OH excluding ortho intramolecular Hbond substituents is 1. The number of hydrogen-bond acceptors (Lipinski definition) is 5. The summed E-state index contributed by atoms with van der Waals surface area (Å²) < 4.78 is 71.4. The Kier molecular flexibility index (Phi) is 5.31. The number of aryl methyl sites for hydroxylation is 1. The molecule has 33 heavy (non-hydrogen) atoms. The van der Waals surface area contributed by atoms with E-state index in [9.17, 15) is 32.2 Å². The molecular formula is C23H20F5N3O2. The van der Waals surface area contributed by atoms with Crippen molar-refractivity contribution in [3.63, 3.8) is 0 Å². The molecule has 0 saturated carbocycles. The molecule has 1 heterocycles. The Balaban J connectivity index is 1.99. The maximum absolute atomic E-state index is 14.3. The van der Waals surface area contributed by atoms with E-state index in [1.165, 1.54) is 33.0 Å². The van der Waals surface area contributed by atoms with Gasteiger partial charge in [0.05, 0.1) is 6.04 Å². The number of halogens is 5. The average Bonchev–Trinajstić information content (AvgIpc) is 2.73. The Hall–Kier alpha value is -3.27. The highest BCUT2D eigenvalue weighted by atomic mass is 19.4. The minimum absolute atomic E-state index is 0.0113. The monoisotopic (exact) mass is 465 g/mol. The summed E-state index contributed by atoms with van der Waals surface area (Å²) >= 11 is 0. The van der Waals surface area contributed by atoms with Crippen LogP contribution in [0.5, 0.6) is 5.75 Å². The van der Waals surface area contributed by atoms with Crippen LogP contribution in [0.3, 0.4) is 0 Å². The fraction of sp³-hybridized carbons (Fsp3) is 0.304.